The van der Waals surface area contributed by atoms with Crippen molar-refractivity contribution in [3.8, 4) is 0 Å². The second-order valence-corrected chi connectivity index (χ2v) is 5.53. The van der Waals surface area contributed by atoms with E-state index >= 15 is 0 Å². The molecule has 0 aliphatic carbocycles. The van der Waals surface area contributed by atoms with Gasteiger partial charge in [-0.05, 0) is 35.1 Å². The number of nitrogens with one attached hydrogen (secondary N) is 1. The van der Waals surface area contributed by atoms with E-state index in [1.54, 1.807) is 17.1 Å². The highest BCUT2D eigenvalue weighted by atomic mass is 127. The van der Waals surface area contributed by atoms with Crippen LogP contribution in [0.15, 0.2) is 17.3 Å². The Bertz CT molecular complexity index is 389. The third-order valence-electron chi connectivity index (χ3n) is 2.24. The summed E-state index contributed by atoms with van der Waals surface area (Å²) < 4.78 is 2.35. The van der Waals surface area contributed by atoms with Gasteiger partial charge in [-0.1, -0.05) is 20.8 Å². The number of halogens is 1. The maximum Gasteiger partial charge on any atom is 0.266 e. The molecule has 0 fully saturated rings. The van der Waals surface area contributed by atoms with E-state index in [-0.39, 0.29) is 5.56 Å². The van der Waals surface area contributed by atoms with Crippen LogP contribution < -0.4 is 10.9 Å². The number of aromatic nitrogens is 2. The Morgan fingerprint density at radius 2 is 2.19 bits per heavy atom. The molecule has 90 valence electrons. The van der Waals surface area contributed by atoms with Gasteiger partial charge in [-0.25, -0.2) is 4.98 Å². The van der Waals surface area contributed by atoms with Crippen LogP contribution in [0.2, 0.25) is 0 Å². The van der Waals surface area contributed by atoms with Crippen molar-refractivity contribution in [2.24, 2.45) is 5.92 Å². The first-order chi connectivity index (χ1) is 7.50. The molecule has 1 unspecified atom stereocenters. The SMILES string of the molecule is CC(CNC(C)C)Cn1cncc(I)c1=O. The standard InChI is InChI=1S/C11H18IN3O/c1-8(2)14-4-9(3)6-15-7-13-5-10(12)11(15)16/h5,7-9,14H,4,6H2,1-3H3. The van der Waals surface area contributed by atoms with Gasteiger partial charge in [0.15, 0.2) is 0 Å². The van der Waals surface area contributed by atoms with Gasteiger partial charge >= 0.3 is 0 Å². The molecule has 1 atom stereocenters. The van der Waals surface area contributed by atoms with Gasteiger partial charge in [-0.15, -0.1) is 0 Å². The van der Waals surface area contributed by atoms with E-state index in [0.29, 0.717) is 22.1 Å². The van der Waals surface area contributed by atoms with Gasteiger partial charge in [0.25, 0.3) is 5.56 Å². The predicted octanol–water partition coefficient (Wildman–Crippen LogP) is 1.48. The third kappa shape index (κ3) is 4.21. The zero-order chi connectivity index (χ0) is 12.1. The lowest BCUT2D eigenvalue weighted by Gasteiger charge is -2.15. The van der Waals surface area contributed by atoms with E-state index in [1.807, 2.05) is 22.6 Å². The van der Waals surface area contributed by atoms with Crippen LogP contribution >= 0.6 is 22.6 Å². The van der Waals surface area contributed by atoms with Crippen molar-refractivity contribution in [2.75, 3.05) is 6.54 Å². The van der Waals surface area contributed by atoms with E-state index < -0.39 is 0 Å². The minimum absolute atomic E-state index is 0.0481. The first-order valence-corrected chi connectivity index (χ1v) is 6.52. The summed E-state index contributed by atoms with van der Waals surface area (Å²) >= 11 is 2.02. The van der Waals surface area contributed by atoms with Crippen molar-refractivity contribution in [3.63, 3.8) is 0 Å². The molecule has 0 spiro atoms. The second kappa shape index (κ2) is 6.34. The minimum atomic E-state index is 0.0481. The Morgan fingerprint density at radius 1 is 1.50 bits per heavy atom. The zero-order valence-corrected chi connectivity index (χ0v) is 12.1. The number of hydrogen-bond acceptors (Lipinski definition) is 3. The molecule has 0 aliphatic heterocycles. The monoisotopic (exact) mass is 335 g/mol. The number of hydrogen-bond donors (Lipinski definition) is 1. The number of rotatable bonds is 5. The van der Waals surface area contributed by atoms with Crippen molar-refractivity contribution < 1.29 is 0 Å². The summed E-state index contributed by atoms with van der Waals surface area (Å²) in [6.07, 6.45) is 3.20. The molecule has 0 aliphatic rings. The molecule has 0 saturated carbocycles. The third-order valence-corrected chi connectivity index (χ3v) is 2.98. The van der Waals surface area contributed by atoms with Crippen molar-refractivity contribution in [1.82, 2.24) is 14.9 Å². The highest BCUT2D eigenvalue weighted by Gasteiger charge is 2.07. The lowest BCUT2D eigenvalue weighted by molar-refractivity contribution is 0.417. The highest BCUT2D eigenvalue weighted by molar-refractivity contribution is 14.1. The summed E-state index contributed by atoms with van der Waals surface area (Å²) in [5, 5.41) is 3.36. The smallest absolute Gasteiger partial charge is 0.266 e. The Hall–Kier alpha value is -0.430. The van der Waals surface area contributed by atoms with Crippen LogP contribution in [0.1, 0.15) is 20.8 Å². The van der Waals surface area contributed by atoms with Gasteiger partial charge in [0.2, 0.25) is 0 Å². The Kier molecular flexibility index (Phi) is 5.40. The van der Waals surface area contributed by atoms with Gasteiger partial charge in [-0.2, -0.15) is 0 Å². The molecule has 16 heavy (non-hydrogen) atoms. The van der Waals surface area contributed by atoms with Crippen molar-refractivity contribution in [1.29, 1.82) is 0 Å². The molecular weight excluding hydrogens is 317 g/mol. The average molecular weight is 335 g/mol. The van der Waals surface area contributed by atoms with Crippen molar-refractivity contribution in [2.45, 2.75) is 33.4 Å². The van der Waals surface area contributed by atoms with Crippen LogP contribution in [0.4, 0.5) is 0 Å². The Balaban J connectivity index is 2.59. The zero-order valence-electron chi connectivity index (χ0n) is 9.90. The summed E-state index contributed by atoms with van der Waals surface area (Å²) in [4.78, 5) is 15.8. The average Bonchev–Trinajstić information content (AvgIpc) is 2.22. The van der Waals surface area contributed by atoms with E-state index in [9.17, 15) is 4.79 Å². The molecule has 4 nitrogen and oxygen atoms in total. The molecule has 0 bridgehead atoms. The molecule has 1 aromatic rings. The van der Waals surface area contributed by atoms with E-state index in [2.05, 4.69) is 31.1 Å². The van der Waals surface area contributed by atoms with Gasteiger partial charge in [0.05, 0.1) is 9.90 Å². The molecule has 1 rings (SSSR count). The molecule has 0 saturated heterocycles. The van der Waals surface area contributed by atoms with Crippen LogP contribution in [0.3, 0.4) is 0 Å². The summed E-state index contributed by atoms with van der Waals surface area (Å²) in [7, 11) is 0. The van der Waals surface area contributed by atoms with Gasteiger partial charge in [0.1, 0.15) is 0 Å². The molecule has 0 radical (unpaired) electrons. The van der Waals surface area contributed by atoms with Gasteiger partial charge in [0, 0.05) is 18.8 Å². The molecule has 0 aromatic carbocycles. The van der Waals surface area contributed by atoms with Crippen LogP contribution in [0.25, 0.3) is 0 Å². The maximum atomic E-state index is 11.7. The topological polar surface area (TPSA) is 46.9 Å². The van der Waals surface area contributed by atoms with Crippen molar-refractivity contribution in [3.05, 3.63) is 26.4 Å². The fourth-order valence-electron chi connectivity index (χ4n) is 1.39. The quantitative estimate of drug-likeness (QED) is 0.830. The Morgan fingerprint density at radius 3 is 2.81 bits per heavy atom. The normalized spacial score (nSPS) is 13.1. The van der Waals surface area contributed by atoms with Gasteiger partial charge < -0.3 is 5.32 Å². The summed E-state index contributed by atoms with van der Waals surface area (Å²) in [6, 6.07) is 0.480. The van der Waals surface area contributed by atoms with E-state index in [4.69, 9.17) is 0 Å². The van der Waals surface area contributed by atoms with E-state index in [0.717, 1.165) is 6.54 Å². The summed E-state index contributed by atoms with van der Waals surface area (Å²) in [5.41, 5.74) is 0.0481. The van der Waals surface area contributed by atoms with Crippen LogP contribution in [-0.4, -0.2) is 22.1 Å². The fourth-order valence-corrected chi connectivity index (χ4v) is 1.86. The van der Waals surface area contributed by atoms with Crippen LogP contribution in [0, 0.1) is 9.49 Å². The molecule has 1 aromatic heterocycles. The molecular formula is C11H18IN3O. The second-order valence-electron chi connectivity index (χ2n) is 4.37. The maximum absolute atomic E-state index is 11.7. The first kappa shape index (κ1) is 13.6. The van der Waals surface area contributed by atoms with Gasteiger partial charge in [-0.3, -0.25) is 9.36 Å². The van der Waals surface area contributed by atoms with Crippen LogP contribution in [-0.2, 0) is 6.54 Å². The van der Waals surface area contributed by atoms with Crippen molar-refractivity contribution >= 4 is 22.6 Å². The predicted molar refractivity (Wildman–Crippen MR) is 73.5 cm³/mol. The Labute approximate surface area is 110 Å². The highest BCUT2D eigenvalue weighted by Crippen LogP contribution is 1.99. The summed E-state index contributed by atoms with van der Waals surface area (Å²) in [6.45, 7) is 7.98. The lowest BCUT2D eigenvalue weighted by atomic mass is 10.1. The first-order valence-electron chi connectivity index (χ1n) is 5.44. The molecule has 5 heteroatoms. The molecule has 1 N–H and O–H groups in total. The summed E-state index contributed by atoms with van der Waals surface area (Å²) in [5.74, 6) is 0.417. The minimum Gasteiger partial charge on any atom is -0.314 e. The number of nitrogens with zero attached hydrogens (tertiary/aromatic N) is 2. The molecule has 0 amide bonds. The van der Waals surface area contributed by atoms with E-state index in [1.165, 1.54) is 0 Å². The fraction of sp³-hybridized carbons (Fsp3) is 0.636. The lowest BCUT2D eigenvalue weighted by Crippen LogP contribution is -2.32. The largest absolute Gasteiger partial charge is 0.314 e. The van der Waals surface area contributed by atoms with Crippen LogP contribution in [0.5, 0.6) is 0 Å². The molecule has 1 heterocycles.